The summed E-state index contributed by atoms with van der Waals surface area (Å²) in [6, 6.07) is 0. The number of nitrogens with zero attached hydrogens (tertiary/aromatic N) is 4. The molecule has 6 heteroatoms. The maximum Gasteiger partial charge on any atom is 0.250 e. The van der Waals surface area contributed by atoms with Crippen molar-refractivity contribution in [3.05, 3.63) is 11.6 Å². The van der Waals surface area contributed by atoms with Crippen molar-refractivity contribution in [2.75, 3.05) is 0 Å². The molecule has 0 spiro atoms. The van der Waals surface area contributed by atoms with Crippen LogP contribution in [0.1, 0.15) is 11.6 Å². The van der Waals surface area contributed by atoms with Gasteiger partial charge in [0.15, 0.2) is 0 Å². The Labute approximate surface area is 80.0 Å². The predicted octanol–water partition coefficient (Wildman–Crippen LogP) is -0.755. The van der Waals surface area contributed by atoms with E-state index in [2.05, 4.69) is 20.7 Å². The number of rotatable bonds is 0. The highest BCUT2D eigenvalue weighted by Crippen LogP contribution is 2.20. The molecule has 0 aliphatic carbocycles. The van der Waals surface area contributed by atoms with Crippen molar-refractivity contribution in [2.24, 2.45) is 11.0 Å². The number of aryl methyl sites for hydroxylation is 1. The zero-order valence-corrected chi connectivity index (χ0v) is 7.69. The first kappa shape index (κ1) is 7.66. The Hall–Kier alpha value is -1.72. The molecule has 1 N–H and O–H groups in total. The van der Waals surface area contributed by atoms with Gasteiger partial charge in [-0.25, -0.2) is 5.43 Å². The first-order valence-electron chi connectivity index (χ1n) is 4.50. The Bertz CT molecular complexity index is 447. The quantitative estimate of drug-likeness (QED) is 0.586. The smallest absolute Gasteiger partial charge is 0.250 e. The zero-order chi connectivity index (χ0) is 9.71. The average molecular weight is 191 g/mol. The summed E-state index contributed by atoms with van der Waals surface area (Å²) in [7, 11) is 0. The molecular weight excluding hydrogens is 182 g/mol. The van der Waals surface area contributed by atoms with Crippen LogP contribution in [0, 0.1) is 12.8 Å². The van der Waals surface area contributed by atoms with Crippen LogP contribution in [0.25, 0.3) is 0 Å². The van der Waals surface area contributed by atoms with Gasteiger partial charge in [0.25, 0.3) is 5.91 Å². The van der Waals surface area contributed by atoms with Crippen LogP contribution in [0.15, 0.2) is 5.10 Å². The van der Waals surface area contributed by atoms with Gasteiger partial charge in [-0.15, -0.1) is 10.2 Å². The molecule has 0 fully saturated rings. The molecule has 2 aliphatic heterocycles. The summed E-state index contributed by atoms with van der Waals surface area (Å²) in [5.74, 6) is 1.63. The van der Waals surface area contributed by atoms with Crippen molar-refractivity contribution in [3.63, 3.8) is 0 Å². The Balaban J connectivity index is 2.07. The van der Waals surface area contributed by atoms with Crippen molar-refractivity contribution in [1.29, 1.82) is 0 Å². The van der Waals surface area contributed by atoms with E-state index in [0.29, 0.717) is 13.0 Å². The summed E-state index contributed by atoms with van der Waals surface area (Å²) >= 11 is 0. The second kappa shape index (κ2) is 2.40. The van der Waals surface area contributed by atoms with E-state index in [0.717, 1.165) is 17.4 Å². The normalized spacial score (nSPS) is 23.9. The van der Waals surface area contributed by atoms with Gasteiger partial charge in [0.2, 0.25) is 0 Å². The number of amides is 1. The van der Waals surface area contributed by atoms with Gasteiger partial charge < -0.3 is 4.57 Å². The molecule has 0 aromatic carbocycles. The van der Waals surface area contributed by atoms with Crippen LogP contribution < -0.4 is 5.43 Å². The van der Waals surface area contributed by atoms with E-state index in [-0.39, 0.29) is 11.8 Å². The summed E-state index contributed by atoms with van der Waals surface area (Å²) in [5.41, 5.74) is 3.38. The fourth-order valence-electron chi connectivity index (χ4n) is 1.92. The van der Waals surface area contributed by atoms with E-state index in [1.165, 1.54) is 0 Å². The van der Waals surface area contributed by atoms with E-state index in [9.17, 15) is 4.79 Å². The topological polar surface area (TPSA) is 72.2 Å². The number of carbonyl (C=O) groups is 1. The molecular formula is C8H9N5O. The monoisotopic (exact) mass is 191 g/mol. The van der Waals surface area contributed by atoms with E-state index >= 15 is 0 Å². The van der Waals surface area contributed by atoms with Crippen LogP contribution in [0.2, 0.25) is 0 Å². The molecule has 1 aromatic rings. The van der Waals surface area contributed by atoms with Gasteiger partial charge in [-0.3, -0.25) is 4.79 Å². The summed E-state index contributed by atoms with van der Waals surface area (Å²) in [6.45, 7) is 2.52. The van der Waals surface area contributed by atoms with Crippen LogP contribution in [0.3, 0.4) is 0 Å². The fourth-order valence-corrected chi connectivity index (χ4v) is 1.92. The molecule has 1 unspecified atom stereocenters. The molecule has 14 heavy (non-hydrogen) atoms. The van der Waals surface area contributed by atoms with Crippen molar-refractivity contribution in [3.8, 4) is 0 Å². The number of aromatic nitrogens is 3. The number of fused-ring (bicyclic) bond motifs is 2. The fraction of sp³-hybridized carbons (Fsp3) is 0.500. The molecule has 3 rings (SSSR count). The third-order valence-corrected chi connectivity index (χ3v) is 2.75. The predicted molar refractivity (Wildman–Crippen MR) is 47.5 cm³/mol. The Kier molecular flexibility index (Phi) is 1.31. The molecule has 0 radical (unpaired) electrons. The summed E-state index contributed by atoms with van der Waals surface area (Å²) in [5, 5.41) is 12.0. The maximum atomic E-state index is 11.4. The highest BCUT2D eigenvalue weighted by atomic mass is 16.2. The van der Waals surface area contributed by atoms with Gasteiger partial charge in [-0.1, -0.05) is 0 Å². The van der Waals surface area contributed by atoms with Crippen LogP contribution in [-0.2, 0) is 17.8 Å². The molecule has 3 heterocycles. The molecule has 0 saturated heterocycles. The molecule has 0 bridgehead atoms. The number of hydrazone groups is 1. The van der Waals surface area contributed by atoms with Crippen molar-refractivity contribution in [2.45, 2.75) is 19.9 Å². The Morgan fingerprint density at radius 2 is 2.36 bits per heavy atom. The number of carbonyl (C=O) groups excluding carboxylic acids is 1. The van der Waals surface area contributed by atoms with Crippen molar-refractivity contribution in [1.82, 2.24) is 20.2 Å². The zero-order valence-electron chi connectivity index (χ0n) is 7.69. The summed E-state index contributed by atoms with van der Waals surface area (Å²) in [6.07, 6.45) is 0.629. The SMILES string of the molecule is Cc1nnc2n1CC1C(=O)NN=C1C2. The summed E-state index contributed by atoms with van der Waals surface area (Å²) in [4.78, 5) is 11.4. The lowest BCUT2D eigenvalue weighted by molar-refractivity contribution is -0.122. The van der Waals surface area contributed by atoms with Gasteiger partial charge in [0.1, 0.15) is 11.6 Å². The van der Waals surface area contributed by atoms with Gasteiger partial charge in [0, 0.05) is 13.0 Å². The molecule has 1 atom stereocenters. The van der Waals surface area contributed by atoms with E-state index in [1.807, 2.05) is 11.5 Å². The molecule has 2 aliphatic rings. The number of hydrogen-bond acceptors (Lipinski definition) is 4. The van der Waals surface area contributed by atoms with Gasteiger partial charge in [-0.05, 0) is 6.92 Å². The van der Waals surface area contributed by atoms with Crippen LogP contribution >= 0.6 is 0 Å². The minimum Gasteiger partial charge on any atom is -0.314 e. The molecule has 1 amide bonds. The standard InChI is InChI=1S/C8H9N5O/c1-4-9-11-7-2-6-5(3-13(4)7)8(14)12-10-6/h5H,2-3H2,1H3,(H,12,14). The van der Waals surface area contributed by atoms with Crippen LogP contribution in [0.4, 0.5) is 0 Å². The molecule has 0 saturated carbocycles. The van der Waals surface area contributed by atoms with Gasteiger partial charge >= 0.3 is 0 Å². The third-order valence-electron chi connectivity index (χ3n) is 2.75. The second-order valence-corrected chi connectivity index (χ2v) is 3.58. The first-order valence-corrected chi connectivity index (χ1v) is 4.50. The Morgan fingerprint density at radius 1 is 1.50 bits per heavy atom. The van der Waals surface area contributed by atoms with Gasteiger partial charge in [-0.2, -0.15) is 5.10 Å². The number of hydrogen-bond donors (Lipinski definition) is 1. The minimum absolute atomic E-state index is 0.0150. The minimum atomic E-state index is -0.114. The van der Waals surface area contributed by atoms with Crippen LogP contribution in [-0.4, -0.2) is 26.4 Å². The lowest BCUT2D eigenvalue weighted by Crippen LogP contribution is -2.33. The highest BCUT2D eigenvalue weighted by molar-refractivity contribution is 6.08. The third kappa shape index (κ3) is 0.850. The van der Waals surface area contributed by atoms with Gasteiger partial charge in [0.05, 0.1) is 11.6 Å². The van der Waals surface area contributed by atoms with Crippen molar-refractivity contribution >= 4 is 11.6 Å². The average Bonchev–Trinajstić information content (AvgIpc) is 2.71. The first-order chi connectivity index (χ1) is 6.75. The maximum absolute atomic E-state index is 11.4. The van der Waals surface area contributed by atoms with E-state index < -0.39 is 0 Å². The largest absolute Gasteiger partial charge is 0.314 e. The lowest BCUT2D eigenvalue weighted by Gasteiger charge is -2.18. The lowest BCUT2D eigenvalue weighted by atomic mass is 9.97. The highest BCUT2D eigenvalue weighted by Gasteiger charge is 2.35. The van der Waals surface area contributed by atoms with Crippen LogP contribution in [0.5, 0.6) is 0 Å². The van der Waals surface area contributed by atoms with Crippen molar-refractivity contribution < 1.29 is 4.79 Å². The number of nitrogens with one attached hydrogen (secondary N) is 1. The second-order valence-electron chi connectivity index (χ2n) is 3.58. The Morgan fingerprint density at radius 3 is 3.21 bits per heavy atom. The van der Waals surface area contributed by atoms with E-state index in [4.69, 9.17) is 0 Å². The molecule has 1 aromatic heterocycles. The molecule has 6 nitrogen and oxygen atoms in total. The van der Waals surface area contributed by atoms with E-state index in [1.54, 1.807) is 0 Å². The summed E-state index contributed by atoms with van der Waals surface area (Å²) < 4.78 is 1.98. The molecule has 72 valence electrons.